The van der Waals surface area contributed by atoms with E-state index in [2.05, 4.69) is 5.32 Å². The smallest absolute Gasteiger partial charge is 0.311 e. The number of nitrogens with one attached hydrogen (secondary N) is 1. The minimum absolute atomic E-state index is 0.00430. The van der Waals surface area contributed by atoms with Crippen LogP contribution in [-0.2, 0) is 20.7 Å². The van der Waals surface area contributed by atoms with Gasteiger partial charge in [0.25, 0.3) is 5.91 Å². The number of halogens is 2. The van der Waals surface area contributed by atoms with Crippen LogP contribution in [0, 0.1) is 5.82 Å². The fourth-order valence-electron chi connectivity index (χ4n) is 2.58. The van der Waals surface area contributed by atoms with Gasteiger partial charge in [-0.25, -0.2) is 4.39 Å². The first-order valence-electron chi connectivity index (χ1n) is 8.56. The van der Waals surface area contributed by atoms with Crippen LogP contribution < -0.4 is 5.32 Å². The zero-order valence-corrected chi connectivity index (χ0v) is 15.5. The average molecular weight is 398 g/mol. The van der Waals surface area contributed by atoms with E-state index in [4.69, 9.17) is 16.3 Å². The van der Waals surface area contributed by atoms with Crippen molar-refractivity contribution in [3.05, 3.63) is 101 Å². The predicted molar refractivity (Wildman–Crippen MR) is 105 cm³/mol. The Bertz CT molecular complexity index is 944. The zero-order chi connectivity index (χ0) is 19.9. The zero-order valence-electron chi connectivity index (χ0n) is 14.8. The second kappa shape index (κ2) is 9.15. The number of hydrogen-bond donors (Lipinski definition) is 1. The van der Waals surface area contributed by atoms with Crippen molar-refractivity contribution < 1.29 is 18.7 Å². The van der Waals surface area contributed by atoms with E-state index in [1.807, 2.05) is 0 Å². The molecule has 0 bridgehead atoms. The molecule has 0 aromatic heterocycles. The Morgan fingerprint density at radius 2 is 1.57 bits per heavy atom. The van der Waals surface area contributed by atoms with Gasteiger partial charge in [-0.15, -0.1) is 0 Å². The van der Waals surface area contributed by atoms with Crippen LogP contribution in [0.5, 0.6) is 0 Å². The summed E-state index contributed by atoms with van der Waals surface area (Å²) in [5, 5.41) is 3.21. The molecular weight excluding hydrogens is 381 g/mol. The third-order valence-electron chi connectivity index (χ3n) is 3.96. The van der Waals surface area contributed by atoms with E-state index in [0.29, 0.717) is 16.3 Å². The number of ether oxygens (including phenoxy) is 1. The molecule has 0 saturated carbocycles. The molecule has 0 unspecified atom stereocenters. The minimum Gasteiger partial charge on any atom is -0.447 e. The van der Waals surface area contributed by atoms with Crippen molar-refractivity contribution in [3.8, 4) is 0 Å². The lowest BCUT2D eigenvalue weighted by atomic mass is 10.1. The second-order valence-corrected chi connectivity index (χ2v) is 6.52. The number of carbonyl (C=O) groups is 2. The van der Waals surface area contributed by atoms with Gasteiger partial charge in [-0.3, -0.25) is 9.59 Å². The van der Waals surface area contributed by atoms with Crippen molar-refractivity contribution in [2.24, 2.45) is 0 Å². The number of carbonyl (C=O) groups excluding carboxylic acids is 2. The maximum atomic E-state index is 13.1. The number of hydrogen-bond acceptors (Lipinski definition) is 3. The third kappa shape index (κ3) is 5.41. The number of benzene rings is 3. The Labute approximate surface area is 166 Å². The molecule has 0 aliphatic rings. The van der Waals surface area contributed by atoms with E-state index in [1.165, 1.54) is 24.3 Å². The lowest BCUT2D eigenvalue weighted by Crippen LogP contribution is -2.26. The molecule has 3 rings (SSSR count). The second-order valence-electron chi connectivity index (χ2n) is 6.08. The predicted octanol–water partition coefficient (Wildman–Crippen LogP) is 4.94. The van der Waals surface area contributed by atoms with Crippen molar-refractivity contribution in [2.75, 3.05) is 5.32 Å². The van der Waals surface area contributed by atoms with Gasteiger partial charge in [0.1, 0.15) is 5.82 Å². The Balaban J connectivity index is 1.75. The normalized spacial score (nSPS) is 11.5. The molecule has 0 saturated heterocycles. The van der Waals surface area contributed by atoms with Gasteiger partial charge in [-0.1, -0.05) is 54.1 Å². The molecule has 0 spiro atoms. The third-order valence-corrected chi connectivity index (χ3v) is 4.22. The van der Waals surface area contributed by atoms with Crippen LogP contribution in [0.4, 0.5) is 10.1 Å². The topological polar surface area (TPSA) is 55.4 Å². The number of amides is 1. The van der Waals surface area contributed by atoms with E-state index in [0.717, 1.165) is 5.56 Å². The average Bonchev–Trinajstić information content (AvgIpc) is 2.70. The van der Waals surface area contributed by atoms with Crippen LogP contribution in [0.2, 0.25) is 5.02 Å². The Kier molecular flexibility index (Phi) is 6.40. The summed E-state index contributed by atoms with van der Waals surface area (Å²) in [5.41, 5.74) is 1.66. The Morgan fingerprint density at radius 1 is 0.929 bits per heavy atom. The fourth-order valence-corrected chi connectivity index (χ4v) is 2.71. The van der Waals surface area contributed by atoms with E-state index in [-0.39, 0.29) is 6.42 Å². The van der Waals surface area contributed by atoms with Crippen molar-refractivity contribution in [3.63, 3.8) is 0 Å². The maximum Gasteiger partial charge on any atom is 0.311 e. The first-order valence-corrected chi connectivity index (χ1v) is 8.94. The fraction of sp³-hybridized carbons (Fsp3) is 0.0909. The molecule has 3 aromatic rings. The van der Waals surface area contributed by atoms with Gasteiger partial charge in [-0.05, 0) is 42.0 Å². The van der Waals surface area contributed by atoms with E-state index >= 15 is 0 Å². The van der Waals surface area contributed by atoms with E-state index in [1.54, 1.807) is 54.6 Å². The van der Waals surface area contributed by atoms with Crippen LogP contribution in [0.25, 0.3) is 0 Å². The highest BCUT2D eigenvalue weighted by Gasteiger charge is 2.25. The van der Waals surface area contributed by atoms with Gasteiger partial charge in [0.05, 0.1) is 6.42 Å². The molecule has 0 radical (unpaired) electrons. The van der Waals surface area contributed by atoms with Crippen LogP contribution in [0.15, 0.2) is 78.9 Å². The molecule has 142 valence electrons. The minimum atomic E-state index is -1.13. The lowest BCUT2D eigenvalue weighted by Gasteiger charge is -2.18. The van der Waals surface area contributed by atoms with Crippen molar-refractivity contribution in [1.82, 2.24) is 0 Å². The molecule has 0 heterocycles. The molecule has 6 heteroatoms. The monoisotopic (exact) mass is 397 g/mol. The van der Waals surface area contributed by atoms with Gasteiger partial charge in [0.15, 0.2) is 0 Å². The molecule has 0 aliphatic carbocycles. The van der Waals surface area contributed by atoms with Gasteiger partial charge < -0.3 is 10.1 Å². The molecule has 3 aromatic carbocycles. The molecule has 4 nitrogen and oxygen atoms in total. The Hall–Kier alpha value is -3.18. The summed E-state index contributed by atoms with van der Waals surface area (Å²) in [5.74, 6) is -1.49. The molecule has 0 fully saturated rings. The summed E-state index contributed by atoms with van der Waals surface area (Å²) in [6.45, 7) is 0. The SMILES string of the molecule is O=C(Cc1ccc(Cl)cc1)O[C@@H](C(=O)Nc1ccc(F)cc1)c1ccccc1. The van der Waals surface area contributed by atoms with Gasteiger partial charge in [0.2, 0.25) is 6.10 Å². The first kappa shape index (κ1) is 19.6. The van der Waals surface area contributed by atoms with Gasteiger partial charge >= 0.3 is 5.97 Å². The highest BCUT2D eigenvalue weighted by atomic mass is 35.5. The summed E-state index contributed by atoms with van der Waals surface area (Å²) < 4.78 is 18.5. The number of esters is 1. The van der Waals surface area contributed by atoms with Crippen LogP contribution >= 0.6 is 11.6 Å². The molecule has 1 N–H and O–H groups in total. The van der Waals surface area contributed by atoms with Crippen LogP contribution in [0.1, 0.15) is 17.2 Å². The molecule has 0 aliphatic heterocycles. The quantitative estimate of drug-likeness (QED) is 0.599. The van der Waals surface area contributed by atoms with Gasteiger partial charge in [0, 0.05) is 16.3 Å². The lowest BCUT2D eigenvalue weighted by molar-refractivity contribution is -0.154. The molecule has 1 atom stereocenters. The van der Waals surface area contributed by atoms with Crippen molar-refractivity contribution in [2.45, 2.75) is 12.5 Å². The maximum absolute atomic E-state index is 13.1. The number of rotatable bonds is 6. The van der Waals surface area contributed by atoms with Crippen LogP contribution in [-0.4, -0.2) is 11.9 Å². The van der Waals surface area contributed by atoms with Crippen LogP contribution in [0.3, 0.4) is 0 Å². The summed E-state index contributed by atoms with van der Waals surface area (Å²) in [6.07, 6.45) is -1.13. The van der Waals surface area contributed by atoms with E-state index in [9.17, 15) is 14.0 Å². The summed E-state index contributed by atoms with van der Waals surface area (Å²) in [7, 11) is 0. The Morgan fingerprint density at radius 3 is 2.21 bits per heavy atom. The first-order chi connectivity index (χ1) is 13.5. The largest absolute Gasteiger partial charge is 0.447 e. The molecule has 1 amide bonds. The van der Waals surface area contributed by atoms with Gasteiger partial charge in [-0.2, -0.15) is 0 Å². The van der Waals surface area contributed by atoms with Crippen molar-refractivity contribution >= 4 is 29.2 Å². The van der Waals surface area contributed by atoms with E-state index < -0.39 is 23.8 Å². The molecule has 28 heavy (non-hydrogen) atoms. The summed E-state index contributed by atoms with van der Waals surface area (Å²) in [4.78, 5) is 25.1. The summed E-state index contributed by atoms with van der Waals surface area (Å²) >= 11 is 5.85. The highest BCUT2D eigenvalue weighted by molar-refractivity contribution is 6.30. The molecular formula is C22H17ClFNO3. The highest BCUT2D eigenvalue weighted by Crippen LogP contribution is 2.21. The van der Waals surface area contributed by atoms with Crippen molar-refractivity contribution in [1.29, 1.82) is 0 Å². The summed E-state index contributed by atoms with van der Waals surface area (Å²) in [6, 6.07) is 20.8. The standard InChI is InChI=1S/C22H17ClFNO3/c23-17-8-6-15(7-9-17)14-20(26)28-21(16-4-2-1-3-5-16)22(27)25-19-12-10-18(24)11-13-19/h1-13,21H,14H2,(H,25,27)/t21-/m1/s1. The number of anilines is 1.